The van der Waals surface area contributed by atoms with Gasteiger partial charge in [0.1, 0.15) is 6.33 Å². The van der Waals surface area contributed by atoms with E-state index in [1.807, 2.05) is 17.3 Å². The molecule has 0 N–H and O–H groups in total. The van der Waals surface area contributed by atoms with Crippen LogP contribution in [-0.2, 0) is 16.1 Å². The van der Waals surface area contributed by atoms with Crippen LogP contribution in [0.2, 0.25) is 0 Å². The number of ether oxygens (including phenoxy) is 1. The Morgan fingerprint density at radius 2 is 2.05 bits per heavy atom. The Morgan fingerprint density at radius 1 is 1.33 bits per heavy atom. The van der Waals surface area contributed by atoms with Crippen LogP contribution in [0.3, 0.4) is 0 Å². The van der Waals surface area contributed by atoms with Crippen molar-refractivity contribution in [2.24, 2.45) is 0 Å². The summed E-state index contributed by atoms with van der Waals surface area (Å²) in [5.74, 6) is 0.254. The molecule has 3 rings (SSSR count). The van der Waals surface area contributed by atoms with Crippen LogP contribution in [0.1, 0.15) is 24.8 Å². The zero-order chi connectivity index (χ0) is 14.7. The molecule has 0 aromatic carbocycles. The molecule has 2 saturated heterocycles. The van der Waals surface area contributed by atoms with E-state index in [2.05, 4.69) is 14.9 Å². The van der Waals surface area contributed by atoms with Gasteiger partial charge in [0.05, 0.1) is 12.1 Å². The van der Waals surface area contributed by atoms with Gasteiger partial charge in [-0.3, -0.25) is 9.69 Å². The van der Waals surface area contributed by atoms with Crippen molar-refractivity contribution in [2.75, 3.05) is 26.7 Å². The monoisotopic (exact) mass is 290 g/mol. The fraction of sp³-hybridized carbons (Fsp3) is 0.667. The maximum absolute atomic E-state index is 12.7. The smallest absolute Gasteiger partial charge is 0.240 e. The number of hydrogen-bond donors (Lipinski definition) is 0. The van der Waals surface area contributed by atoms with Gasteiger partial charge in [-0.25, -0.2) is 9.97 Å². The van der Waals surface area contributed by atoms with Gasteiger partial charge in [0.2, 0.25) is 5.91 Å². The van der Waals surface area contributed by atoms with Crippen molar-refractivity contribution in [3.8, 4) is 0 Å². The molecule has 6 nitrogen and oxygen atoms in total. The van der Waals surface area contributed by atoms with Crippen molar-refractivity contribution in [1.82, 2.24) is 19.8 Å². The standard InChI is InChI=1S/C15H22N4O2/c1-21-13-6-14(15(20)18-4-2-3-5-18)19(10-13)9-12-7-16-11-17-8-12/h7-8,11,13-14H,2-6,9-10H2,1H3/t13-,14-/m0/s1. The van der Waals surface area contributed by atoms with E-state index in [0.717, 1.165) is 44.5 Å². The van der Waals surface area contributed by atoms with Crippen LogP contribution in [0, 0.1) is 0 Å². The third-order valence-corrected chi connectivity index (χ3v) is 4.40. The van der Waals surface area contributed by atoms with Crippen LogP contribution in [0.5, 0.6) is 0 Å². The molecule has 0 bridgehead atoms. The minimum absolute atomic E-state index is 0.0757. The van der Waals surface area contributed by atoms with Gasteiger partial charge in [-0.15, -0.1) is 0 Å². The largest absolute Gasteiger partial charge is 0.380 e. The molecule has 21 heavy (non-hydrogen) atoms. The Labute approximate surface area is 125 Å². The summed E-state index contributed by atoms with van der Waals surface area (Å²) in [5.41, 5.74) is 1.04. The second-order valence-corrected chi connectivity index (χ2v) is 5.82. The first kappa shape index (κ1) is 14.4. The summed E-state index contributed by atoms with van der Waals surface area (Å²) in [4.78, 5) is 25.0. The molecular formula is C15H22N4O2. The number of methoxy groups -OCH3 is 1. The topological polar surface area (TPSA) is 58.6 Å². The molecule has 0 spiro atoms. The summed E-state index contributed by atoms with van der Waals surface area (Å²) in [6.07, 6.45) is 8.30. The summed E-state index contributed by atoms with van der Waals surface area (Å²) < 4.78 is 5.48. The van der Waals surface area contributed by atoms with Gasteiger partial charge in [0, 0.05) is 51.2 Å². The van der Waals surface area contributed by atoms with Crippen molar-refractivity contribution >= 4 is 5.91 Å². The minimum atomic E-state index is -0.0757. The number of carbonyl (C=O) groups is 1. The van der Waals surface area contributed by atoms with Gasteiger partial charge in [0.15, 0.2) is 0 Å². The van der Waals surface area contributed by atoms with Gasteiger partial charge in [-0.1, -0.05) is 0 Å². The lowest BCUT2D eigenvalue weighted by Gasteiger charge is -2.27. The highest BCUT2D eigenvalue weighted by Gasteiger charge is 2.39. The van der Waals surface area contributed by atoms with Crippen LogP contribution < -0.4 is 0 Å². The Morgan fingerprint density at radius 3 is 2.71 bits per heavy atom. The van der Waals surface area contributed by atoms with E-state index in [0.29, 0.717) is 6.54 Å². The van der Waals surface area contributed by atoms with Crippen molar-refractivity contribution in [3.63, 3.8) is 0 Å². The second kappa shape index (κ2) is 6.49. The molecule has 114 valence electrons. The molecule has 1 aromatic rings. The van der Waals surface area contributed by atoms with E-state index < -0.39 is 0 Å². The van der Waals surface area contributed by atoms with Crippen LogP contribution in [0.15, 0.2) is 18.7 Å². The van der Waals surface area contributed by atoms with Crippen LogP contribution in [0.4, 0.5) is 0 Å². The first-order chi connectivity index (χ1) is 10.3. The molecule has 2 aliphatic heterocycles. The first-order valence-corrected chi connectivity index (χ1v) is 7.57. The summed E-state index contributed by atoms with van der Waals surface area (Å²) in [5, 5.41) is 0. The van der Waals surface area contributed by atoms with Gasteiger partial charge >= 0.3 is 0 Å². The summed E-state index contributed by atoms with van der Waals surface area (Å²) >= 11 is 0. The molecule has 1 aromatic heterocycles. The summed E-state index contributed by atoms with van der Waals surface area (Å²) in [6.45, 7) is 3.28. The first-order valence-electron chi connectivity index (χ1n) is 7.57. The average Bonchev–Trinajstić information content (AvgIpc) is 3.17. The number of rotatable bonds is 4. The fourth-order valence-corrected chi connectivity index (χ4v) is 3.26. The van der Waals surface area contributed by atoms with Crippen LogP contribution in [-0.4, -0.2) is 64.6 Å². The average molecular weight is 290 g/mol. The van der Waals surface area contributed by atoms with Crippen LogP contribution >= 0.6 is 0 Å². The SMILES string of the molecule is CO[C@H]1C[C@@H](C(=O)N2CCCC2)N(Cc2cncnc2)C1. The molecule has 2 atom stereocenters. The molecule has 2 fully saturated rings. The predicted molar refractivity (Wildman–Crippen MR) is 77.5 cm³/mol. The van der Waals surface area contributed by atoms with Crippen LogP contribution in [0.25, 0.3) is 0 Å². The third kappa shape index (κ3) is 3.22. The molecule has 1 amide bonds. The molecular weight excluding hydrogens is 268 g/mol. The third-order valence-electron chi connectivity index (χ3n) is 4.40. The molecule has 0 saturated carbocycles. The highest BCUT2D eigenvalue weighted by atomic mass is 16.5. The molecule has 3 heterocycles. The quantitative estimate of drug-likeness (QED) is 0.816. The zero-order valence-corrected chi connectivity index (χ0v) is 12.4. The number of likely N-dealkylation sites (tertiary alicyclic amines) is 2. The Kier molecular flexibility index (Phi) is 4.45. The van der Waals surface area contributed by atoms with E-state index in [9.17, 15) is 4.79 Å². The minimum Gasteiger partial charge on any atom is -0.380 e. The number of carbonyl (C=O) groups excluding carboxylic acids is 1. The number of hydrogen-bond acceptors (Lipinski definition) is 5. The van der Waals surface area contributed by atoms with Crippen molar-refractivity contribution in [3.05, 3.63) is 24.3 Å². The van der Waals surface area contributed by atoms with Crippen molar-refractivity contribution in [2.45, 2.75) is 38.0 Å². The lowest BCUT2D eigenvalue weighted by Crippen LogP contribution is -2.44. The number of nitrogens with zero attached hydrogens (tertiary/aromatic N) is 4. The second-order valence-electron chi connectivity index (χ2n) is 5.82. The van der Waals surface area contributed by atoms with E-state index in [4.69, 9.17) is 4.74 Å². The van der Waals surface area contributed by atoms with E-state index in [1.54, 1.807) is 7.11 Å². The lowest BCUT2D eigenvalue weighted by molar-refractivity contribution is -0.135. The maximum Gasteiger partial charge on any atom is 0.240 e. The normalized spacial score (nSPS) is 26.4. The van der Waals surface area contributed by atoms with E-state index >= 15 is 0 Å². The number of amides is 1. The Bertz CT molecular complexity index is 476. The molecule has 0 unspecified atom stereocenters. The molecule has 6 heteroatoms. The number of aromatic nitrogens is 2. The predicted octanol–water partition coefficient (Wildman–Crippen LogP) is 0.688. The Hall–Kier alpha value is -1.53. The summed E-state index contributed by atoms with van der Waals surface area (Å²) in [7, 11) is 1.72. The molecule has 2 aliphatic rings. The highest BCUT2D eigenvalue weighted by molar-refractivity contribution is 5.82. The van der Waals surface area contributed by atoms with Gasteiger partial charge in [0.25, 0.3) is 0 Å². The maximum atomic E-state index is 12.7. The zero-order valence-electron chi connectivity index (χ0n) is 12.4. The van der Waals surface area contributed by atoms with E-state index in [1.165, 1.54) is 6.33 Å². The molecule has 0 radical (unpaired) electrons. The van der Waals surface area contributed by atoms with E-state index in [-0.39, 0.29) is 18.1 Å². The lowest BCUT2D eigenvalue weighted by atomic mass is 10.1. The van der Waals surface area contributed by atoms with Gasteiger partial charge < -0.3 is 9.64 Å². The molecule has 0 aliphatic carbocycles. The fourth-order valence-electron chi connectivity index (χ4n) is 3.26. The van der Waals surface area contributed by atoms with Crippen molar-refractivity contribution in [1.29, 1.82) is 0 Å². The van der Waals surface area contributed by atoms with Gasteiger partial charge in [-0.05, 0) is 19.3 Å². The Balaban J connectivity index is 1.71. The van der Waals surface area contributed by atoms with Gasteiger partial charge in [-0.2, -0.15) is 0 Å². The highest BCUT2D eigenvalue weighted by Crippen LogP contribution is 2.25. The van der Waals surface area contributed by atoms with Crippen molar-refractivity contribution < 1.29 is 9.53 Å². The summed E-state index contributed by atoms with van der Waals surface area (Å²) in [6, 6.07) is -0.0757.